The summed E-state index contributed by atoms with van der Waals surface area (Å²) in [6.07, 6.45) is 2.60. The third-order valence-corrected chi connectivity index (χ3v) is 9.55. The molecule has 0 radical (unpaired) electrons. The summed E-state index contributed by atoms with van der Waals surface area (Å²) in [4.78, 5) is 0. The SMILES string of the molecule is CCC(C)N(C(C)CC)[SiH](C)CC[Si](C)(C)C. The number of hydrogen-bond acceptors (Lipinski definition) is 1. The molecule has 0 saturated heterocycles. The van der Waals surface area contributed by atoms with Crippen LogP contribution in [0.4, 0.5) is 0 Å². The maximum Gasteiger partial charge on any atom is 0.109 e. The highest BCUT2D eigenvalue weighted by molar-refractivity contribution is 6.77. The summed E-state index contributed by atoms with van der Waals surface area (Å²) in [7, 11) is -1.55. The summed E-state index contributed by atoms with van der Waals surface area (Å²) in [5, 5.41) is 0. The van der Waals surface area contributed by atoms with Gasteiger partial charge in [0.15, 0.2) is 0 Å². The Morgan fingerprint density at radius 1 is 1.00 bits per heavy atom. The Hall–Kier alpha value is 0.394. The second kappa shape index (κ2) is 7.75. The molecule has 0 rings (SSSR count). The van der Waals surface area contributed by atoms with E-state index < -0.39 is 17.0 Å². The molecule has 0 saturated carbocycles. The standard InChI is InChI=1S/C14H35NSi2/c1-9-13(3)15(14(4)10-2)16(5)11-12-17(6,7)8/h13-14,16H,9-12H2,1-8H3. The zero-order chi connectivity index (χ0) is 13.6. The predicted octanol–water partition coefficient (Wildman–Crippen LogP) is 4.58. The fourth-order valence-corrected chi connectivity index (χ4v) is 10.1. The Balaban J connectivity index is 4.48. The van der Waals surface area contributed by atoms with E-state index in [-0.39, 0.29) is 0 Å². The number of hydrogen-bond donors (Lipinski definition) is 0. The maximum absolute atomic E-state index is 2.89. The van der Waals surface area contributed by atoms with Gasteiger partial charge in [-0.05, 0) is 18.9 Å². The van der Waals surface area contributed by atoms with Gasteiger partial charge in [0.1, 0.15) is 8.96 Å². The van der Waals surface area contributed by atoms with Crippen molar-refractivity contribution in [3.05, 3.63) is 0 Å². The van der Waals surface area contributed by atoms with Crippen molar-refractivity contribution in [1.29, 1.82) is 0 Å². The Morgan fingerprint density at radius 2 is 1.41 bits per heavy atom. The van der Waals surface area contributed by atoms with Crippen LogP contribution in [0, 0.1) is 0 Å². The highest BCUT2D eigenvalue weighted by atomic mass is 28.3. The van der Waals surface area contributed by atoms with Crippen molar-refractivity contribution in [2.24, 2.45) is 0 Å². The molecule has 104 valence electrons. The molecule has 0 amide bonds. The molecule has 3 heteroatoms. The van der Waals surface area contributed by atoms with E-state index in [9.17, 15) is 0 Å². The Bertz CT molecular complexity index is 191. The van der Waals surface area contributed by atoms with Crippen LogP contribution in [-0.4, -0.2) is 33.7 Å². The van der Waals surface area contributed by atoms with Gasteiger partial charge in [0.05, 0.1) is 0 Å². The molecule has 17 heavy (non-hydrogen) atoms. The van der Waals surface area contributed by atoms with Gasteiger partial charge in [0, 0.05) is 20.2 Å². The normalized spacial score (nSPS) is 18.2. The van der Waals surface area contributed by atoms with Gasteiger partial charge in [-0.2, -0.15) is 0 Å². The van der Waals surface area contributed by atoms with Crippen LogP contribution >= 0.6 is 0 Å². The van der Waals surface area contributed by atoms with Gasteiger partial charge < -0.3 is 4.57 Å². The highest BCUT2D eigenvalue weighted by Crippen LogP contribution is 2.20. The summed E-state index contributed by atoms with van der Waals surface area (Å²) in [5.74, 6) is 0. The smallest absolute Gasteiger partial charge is 0.109 e. The Kier molecular flexibility index (Phi) is 7.93. The zero-order valence-electron chi connectivity index (χ0n) is 13.5. The molecule has 1 nitrogen and oxygen atoms in total. The van der Waals surface area contributed by atoms with Gasteiger partial charge in [-0.3, -0.25) is 0 Å². The molecule has 0 aromatic rings. The van der Waals surface area contributed by atoms with E-state index >= 15 is 0 Å². The summed E-state index contributed by atoms with van der Waals surface area (Å²) in [5.41, 5.74) is 0. The fourth-order valence-electron chi connectivity index (χ4n) is 2.52. The second-order valence-corrected chi connectivity index (χ2v) is 15.4. The lowest BCUT2D eigenvalue weighted by Crippen LogP contribution is -2.48. The van der Waals surface area contributed by atoms with E-state index in [2.05, 4.69) is 58.4 Å². The average Bonchev–Trinajstić information content (AvgIpc) is 2.25. The van der Waals surface area contributed by atoms with Crippen LogP contribution in [0.1, 0.15) is 40.5 Å². The van der Waals surface area contributed by atoms with Crippen LogP contribution in [-0.2, 0) is 0 Å². The quantitative estimate of drug-likeness (QED) is 0.585. The molecule has 0 aliphatic heterocycles. The molecule has 0 fully saturated rings. The number of rotatable bonds is 8. The van der Waals surface area contributed by atoms with Crippen LogP contribution in [0.15, 0.2) is 0 Å². The minimum absolute atomic E-state index is 0.700. The van der Waals surface area contributed by atoms with Crippen molar-refractivity contribution >= 4 is 17.0 Å². The van der Waals surface area contributed by atoms with Gasteiger partial charge in [-0.25, -0.2) is 0 Å². The first-order chi connectivity index (χ1) is 7.72. The van der Waals surface area contributed by atoms with Gasteiger partial charge >= 0.3 is 0 Å². The zero-order valence-corrected chi connectivity index (χ0v) is 15.7. The van der Waals surface area contributed by atoms with Crippen LogP contribution in [0.5, 0.6) is 0 Å². The molecular formula is C14H35NSi2. The lowest BCUT2D eigenvalue weighted by molar-refractivity contribution is 0.261. The van der Waals surface area contributed by atoms with Crippen LogP contribution in [0.3, 0.4) is 0 Å². The lowest BCUT2D eigenvalue weighted by atomic mass is 10.2. The molecule has 0 spiro atoms. The third-order valence-electron chi connectivity index (χ3n) is 4.02. The topological polar surface area (TPSA) is 3.24 Å². The minimum Gasteiger partial charge on any atom is -0.322 e. The Morgan fingerprint density at radius 3 is 1.71 bits per heavy atom. The molecule has 3 atom stereocenters. The third kappa shape index (κ3) is 6.77. The Labute approximate surface area is 113 Å². The molecule has 0 aromatic heterocycles. The van der Waals surface area contributed by atoms with Crippen molar-refractivity contribution < 1.29 is 0 Å². The molecule has 0 heterocycles. The molecule has 0 aliphatic rings. The largest absolute Gasteiger partial charge is 0.322 e. The van der Waals surface area contributed by atoms with E-state index in [4.69, 9.17) is 0 Å². The first kappa shape index (κ1) is 17.4. The van der Waals surface area contributed by atoms with Crippen molar-refractivity contribution in [3.63, 3.8) is 0 Å². The van der Waals surface area contributed by atoms with Crippen molar-refractivity contribution in [2.45, 2.75) is 90.9 Å². The maximum atomic E-state index is 2.89. The molecule has 0 bridgehead atoms. The van der Waals surface area contributed by atoms with E-state index in [0.717, 1.165) is 12.1 Å². The van der Waals surface area contributed by atoms with Gasteiger partial charge in [-0.15, -0.1) is 0 Å². The molecular weight excluding hydrogens is 238 g/mol. The van der Waals surface area contributed by atoms with E-state index in [0.29, 0.717) is 0 Å². The van der Waals surface area contributed by atoms with Crippen LogP contribution in [0.25, 0.3) is 0 Å². The lowest BCUT2D eigenvalue weighted by Gasteiger charge is -2.39. The van der Waals surface area contributed by atoms with Crippen LogP contribution < -0.4 is 0 Å². The van der Waals surface area contributed by atoms with E-state index in [1.54, 1.807) is 0 Å². The summed E-state index contributed by atoms with van der Waals surface area (Å²) in [6, 6.07) is 4.61. The molecule has 0 N–H and O–H groups in total. The van der Waals surface area contributed by atoms with Crippen molar-refractivity contribution in [2.75, 3.05) is 0 Å². The van der Waals surface area contributed by atoms with Gasteiger partial charge in [-0.1, -0.05) is 59.9 Å². The second-order valence-electron chi connectivity index (χ2n) is 6.91. The predicted molar refractivity (Wildman–Crippen MR) is 87.3 cm³/mol. The highest BCUT2D eigenvalue weighted by Gasteiger charge is 2.25. The van der Waals surface area contributed by atoms with Crippen LogP contribution in [0.2, 0.25) is 38.3 Å². The first-order valence-electron chi connectivity index (χ1n) is 7.50. The molecule has 0 aliphatic carbocycles. The minimum atomic E-state index is -0.848. The van der Waals surface area contributed by atoms with Gasteiger partial charge in [0.25, 0.3) is 0 Å². The number of nitrogens with zero attached hydrogens (tertiary/aromatic N) is 1. The van der Waals surface area contributed by atoms with Crippen molar-refractivity contribution in [1.82, 2.24) is 4.57 Å². The summed E-state index contributed by atoms with van der Waals surface area (Å²) < 4.78 is 2.89. The summed E-state index contributed by atoms with van der Waals surface area (Å²) in [6.45, 7) is 19.6. The van der Waals surface area contributed by atoms with Gasteiger partial charge in [0.2, 0.25) is 0 Å². The first-order valence-corrected chi connectivity index (χ1v) is 13.7. The average molecular weight is 274 g/mol. The molecule has 3 unspecified atom stereocenters. The monoisotopic (exact) mass is 273 g/mol. The van der Waals surface area contributed by atoms with Crippen molar-refractivity contribution in [3.8, 4) is 0 Å². The molecule has 0 aromatic carbocycles. The fraction of sp³-hybridized carbons (Fsp3) is 1.00. The summed E-state index contributed by atoms with van der Waals surface area (Å²) >= 11 is 0. The van der Waals surface area contributed by atoms with E-state index in [1.807, 2.05) is 0 Å². The van der Waals surface area contributed by atoms with E-state index in [1.165, 1.54) is 24.9 Å².